The number of rotatable bonds is 4. The molecule has 0 fully saturated rings. The van der Waals surface area contributed by atoms with Gasteiger partial charge in [0.2, 0.25) is 11.8 Å². The minimum absolute atomic E-state index is 0.226. The Morgan fingerprint density at radius 2 is 1.80 bits per heavy atom. The molecule has 0 bridgehead atoms. The van der Waals surface area contributed by atoms with Gasteiger partial charge in [0.1, 0.15) is 5.56 Å². The van der Waals surface area contributed by atoms with Crippen LogP contribution in [0, 0.1) is 6.92 Å². The monoisotopic (exact) mass is 365 g/mol. The van der Waals surface area contributed by atoms with Gasteiger partial charge in [0.05, 0.1) is 0 Å². The zero-order valence-corrected chi connectivity index (χ0v) is 13.1. The first-order valence-electron chi connectivity index (χ1n) is 6.91. The molecule has 10 heteroatoms. The van der Waals surface area contributed by atoms with Gasteiger partial charge in [-0.25, -0.2) is 4.98 Å². The standard InChI is InChI=1S/C15H13F6N3O/c1-9-4-3-5-10(6-9)24(2)13-22-7-11(15(19,20)21)12(23-13)25-8-14(16,17)18/h3-7H,8H2,1-2H3. The minimum atomic E-state index is -4.94. The number of aromatic nitrogens is 2. The molecule has 0 atom stereocenters. The number of nitrogens with zero attached hydrogens (tertiary/aromatic N) is 3. The van der Waals surface area contributed by atoms with Gasteiger partial charge in [0, 0.05) is 18.9 Å². The van der Waals surface area contributed by atoms with Gasteiger partial charge in [-0.3, -0.25) is 0 Å². The van der Waals surface area contributed by atoms with E-state index in [1.807, 2.05) is 13.0 Å². The van der Waals surface area contributed by atoms with E-state index in [9.17, 15) is 26.3 Å². The van der Waals surface area contributed by atoms with Crippen LogP contribution in [0.25, 0.3) is 0 Å². The van der Waals surface area contributed by atoms with Gasteiger partial charge in [-0.05, 0) is 24.6 Å². The molecule has 0 saturated heterocycles. The molecule has 1 heterocycles. The maximum Gasteiger partial charge on any atom is 0.423 e. The lowest BCUT2D eigenvalue weighted by Gasteiger charge is -2.20. The molecular weight excluding hydrogens is 352 g/mol. The van der Waals surface area contributed by atoms with E-state index < -0.39 is 30.4 Å². The van der Waals surface area contributed by atoms with Crippen molar-refractivity contribution >= 4 is 11.6 Å². The number of hydrogen-bond acceptors (Lipinski definition) is 4. The van der Waals surface area contributed by atoms with Crippen molar-refractivity contribution in [2.24, 2.45) is 0 Å². The Morgan fingerprint density at radius 1 is 1.12 bits per heavy atom. The van der Waals surface area contributed by atoms with Crippen molar-refractivity contribution in [2.45, 2.75) is 19.3 Å². The van der Waals surface area contributed by atoms with Crippen molar-refractivity contribution in [3.63, 3.8) is 0 Å². The molecule has 0 amide bonds. The van der Waals surface area contributed by atoms with E-state index in [1.165, 1.54) is 11.9 Å². The SMILES string of the molecule is Cc1cccc(N(C)c2ncc(C(F)(F)F)c(OCC(F)(F)F)n2)c1. The van der Waals surface area contributed by atoms with Crippen LogP contribution in [0.4, 0.5) is 38.0 Å². The van der Waals surface area contributed by atoms with E-state index in [-0.39, 0.29) is 5.95 Å². The fraction of sp³-hybridized carbons (Fsp3) is 0.333. The number of aryl methyl sites for hydroxylation is 1. The Hall–Kier alpha value is -2.52. The van der Waals surface area contributed by atoms with Crippen LogP contribution in [-0.2, 0) is 6.18 Å². The summed E-state index contributed by atoms with van der Waals surface area (Å²) in [5.74, 6) is -1.40. The van der Waals surface area contributed by atoms with Gasteiger partial charge in [-0.15, -0.1) is 0 Å². The van der Waals surface area contributed by atoms with E-state index in [0.29, 0.717) is 11.9 Å². The van der Waals surface area contributed by atoms with Crippen LogP contribution in [0.2, 0.25) is 0 Å². The smallest absolute Gasteiger partial charge is 0.423 e. The molecule has 0 aliphatic carbocycles. The first kappa shape index (κ1) is 18.8. The summed E-state index contributed by atoms with van der Waals surface area (Å²) < 4.78 is 79.9. The van der Waals surface area contributed by atoms with E-state index in [2.05, 4.69) is 14.7 Å². The van der Waals surface area contributed by atoms with E-state index in [4.69, 9.17) is 0 Å². The van der Waals surface area contributed by atoms with Crippen LogP contribution in [0.3, 0.4) is 0 Å². The topological polar surface area (TPSA) is 38.2 Å². The predicted molar refractivity (Wildman–Crippen MR) is 77.8 cm³/mol. The molecule has 1 aromatic heterocycles. The van der Waals surface area contributed by atoms with Crippen molar-refractivity contribution < 1.29 is 31.1 Å². The number of halogens is 6. The summed E-state index contributed by atoms with van der Waals surface area (Å²) in [4.78, 5) is 8.45. The van der Waals surface area contributed by atoms with Crippen molar-refractivity contribution in [1.82, 2.24) is 9.97 Å². The van der Waals surface area contributed by atoms with Crippen LogP contribution >= 0.6 is 0 Å². The molecule has 0 spiro atoms. The van der Waals surface area contributed by atoms with Gasteiger partial charge < -0.3 is 9.64 Å². The largest absolute Gasteiger partial charge is 0.467 e. The van der Waals surface area contributed by atoms with Gasteiger partial charge >= 0.3 is 12.4 Å². The molecule has 1 aromatic carbocycles. The van der Waals surface area contributed by atoms with Crippen LogP contribution in [0.5, 0.6) is 5.88 Å². The Morgan fingerprint density at radius 3 is 2.36 bits per heavy atom. The molecule has 4 nitrogen and oxygen atoms in total. The molecule has 2 aromatic rings. The van der Waals surface area contributed by atoms with Crippen molar-refractivity contribution in [2.75, 3.05) is 18.6 Å². The molecule has 0 unspecified atom stereocenters. The number of benzene rings is 1. The van der Waals surface area contributed by atoms with Crippen LogP contribution in [-0.4, -0.2) is 29.8 Å². The number of alkyl halides is 6. The van der Waals surface area contributed by atoms with Crippen molar-refractivity contribution in [1.29, 1.82) is 0 Å². The highest BCUT2D eigenvalue weighted by molar-refractivity contribution is 5.57. The van der Waals surface area contributed by atoms with Gasteiger partial charge in [-0.1, -0.05) is 12.1 Å². The van der Waals surface area contributed by atoms with Crippen LogP contribution in [0.1, 0.15) is 11.1 Å². The Kier molecular flexibility index (Phi) is 5.09. The van der Waals surface area contributed by atoms with Crippen LogP contribution < -0.4 is 9.64 Å². The summed E-state index contributed by atoms with van der Waals surface area (Å²) in [5.41, 5.74) is -0.0375. The highest BCUT2D eigenvalue weighted by atomic mass is 19.4. The molecule has 0 aliphatic heterocycles. The normalized spacial score (nSPS) is 12.2. The fourth-order valence-electron chi connectivity index (χ4n) is 1.93. The average molecular weight is 365 g/mol. The Balaban J connectivity index is 2.40. The van der Waals surface area contributed by atoms with E-state index in [0.717, 1.165) is 5.56 Å². The summed E-state index contributed by atoms with van der Waals surface area (Å²) in [6.07, 6.45) is -9.34. The predicted octanol–water partition coefficient (Wildman–Crippen LogP) is 4.51. The van der Waals surface area contributed by atoms with E-state index >= 15 is 0 Å². The molecule has 2 rings (SSSR count). The van der Waals surface area contributed by atoms with Crippen LogP contribution in [0.15, 0.2) is 30.5 Å². The third kappa shape index (κ3) is 4.97. The first-order valence-corrected chi connectivity index (χ1v) is 6.91. The van der Waals surface area contributed by atoms with E-state index in [1.54, 1.807) is 18.2 Å². The summed E-state index contributed by atoms with van der Waals surface area (Å²) in [7, 11) is 1.48. The third-order valence-electron chi connectivity index (χ3n) is 3.11. The molecule has 0 N–H and O–H groups in total. The zero-order valence-electron chi connectivity index (χ0n) is 13.1. The van der Waals surface area contributed by atoms with Gasteiger partial charge in [0.25, 0.3) is 0 Å². The number of ether oxygens (including phenoxy) is 1. The molecule has 0 saturated carbocycles. The molecule has 0 aliphatic rings. The maximum atomic E-state index is 12.9. The summed E-state index contributed by atoms with van der Waals surface area (Å²) in [6, 6.07) is 6.90. The highest BCUT2D eigenvalue weighted by Crippen LogP contribution is 2.36. The highest BCUT2D eigenvalue weighted by Gasteiger charge is 2.38. The maximum absolute atomic E-state index is 12.9. The quantitative estimate of drug-likeness (QED) is 0.747. The fourth-order valence-corrected chi connectivity index (χ4v) is 1.93. The van der Waals surface area contributed by atoms with Gasteiger partial charge in [0.15, 0.2) is 6.61 Å². The Labute approximate surface area is 139 Å². The molecule has 25 heavy (non-hydrogen) atoms. The molecule has 136 valence electrons. The second kappa shape index (κ2) is 6.77. The first-order chi connectivity index (χ1) is 11.5. The summed E-state index contributed by atoms with van der Waals surface area (Å²) in [6.45, 7) is -0.0798. The summed E-state index contributed by atoms with van der Waals surface area (Å²) >= 11 is 0. The Bertz CT molecular complexity index is 745. The lowest BCUT2D eigenvalue weighted by atomic mass is 10.2. The third-order valence-corrected chi connectivity index (χ3v) is 3.11. The molecule has 0 radical (unpaired) electrons. The van der Waals surface area contributed by atoms with Gasteiger partial charge in [-0.2, -0.15) is 31.3 Å². The number of anilines is 2. The van der Waals surface area contributed by atoms with Crippen molar-refractivity contribution in [3.05, 3.63) is 41.6 Å². The zero-order chi connectivity index (χ0) is 18.8. The average Bonchev–Trinajstić information content (AvgIpc) is 2.50. The second-order valence-corrected chi connectivity index (χ2v) is 5.19. The molecular formula is C15H13F6N3O. The summed E-state index contributed by atoms with van der Waals surface area (Å²) in [5, 5.41) is 0. The minimum Gasteiger partial charge on any atom is -0.467 e. The number of hydrogen-bond donors (Lipinski definition) is 0. The lowest BCUT2D eigenvalue weighted by molar-refractivity contribution is -0.159. The lowest BCUT2D eigenvalue weighted by Crippen LogP contribution is -2.23. The second-order valence-electron chi connectivity index (χ2n) is 5.19. The van der Waals surface area contributed by atoms with Crippen molar-refractivity contribution in [3.8, 4) is 5.88 Å².